The van der Waals surface area contributed by atoms with E-state index in [1.165, 1.54) is 15.3 Å². The van der Waals surface area contributed by atoms with Gasteiger partial charge in [-0.25, -0.2) is 17.6 Å². The highest BCUT2D eigenvalue weighted by Crippen LogP contribution is 2.37. The van der Waals surface area contributed by atoms with Crippen LogP contribution in [0.4, 0.5) is 21.5 Å². The molecule has 1 atom stereocenters. The largest absolute Gasteiger partial charge is 0.352 e. The summed E-state index contributed by atoms with van der Waals surface area (Å²) in [5, 5.41) is 8.03. The Morgan fingerprint density at radius 1 is 1.15 bits per heavy atom. The van der Waals surface area contributed by atoms with Crippen LogP contribution in [0.25, 0.3) is 22.2 Å². The lowest BCUT2D eigenvalue weighted by atomic mass is 10.0. The highest BCUT2D eigenvalue weighted by molar-refractivity contribution is 14.1. The SMILES string of the molecule is Cc1c(Nc2ccc(I)cc2F)c2c(=O)n(C3CC3)nc(-c3cccc(N=S(C)(=O)N(C)C)c3)c2n(C)c1=O. The molecule has 0 amide bonds. The number of benzene rings is 2. The third-order valence-electron chi connectivity index (χ3n) is 6.83. The number of aryl methyl sites for hydroxylation is 1. The molecule has 2 aromatic carbocycles. The van der Waals surface area contributed by atoms with Crippen molar-refractivity contribution in [2.45, 2.75) is 25.8 Å². The Labute approximate surface area is 239 Å². The van der Waals surface area contributed by atoms with Crippen molar-refractivity contribution in [3.8, 4) is 11.3 Å². The number of aromatic nitrogens is 3. The maximum Gasteiger partial charge on any atom is 0.278 e. The first kappa shape index (κ1) is 27.5. The Hall–Kier alpha value is -3.10. The normalized spacial score (nSPS) is 15.0. The number of pyridine rings is 1. The molecule has 2 aromatic heterocycles. The Balaban J connectivity index is 1.84. The van der Waals surface area contributed by atoms with Crippen molar-refractivity contribution in [1.29, 1.82) is 0 Å². The quantitative estimate of drug-likeness (QED) is 0.290. The van der Waals surface area contributed by atoms with Gasteiger partial charge in [0.1, 0.15) is 21.4 Å². The average Bonchev–Trinajstić information content (AvgIpc) is 3.71. The molecule has 1 aliphatic rings. The van der Waals surface area contributed by atoms with E-state index in [1.807, 2.05) is 28.7 Å². The first-order valence-corrected chi connectivity index (χ1v) is 15.2. The molecule has 204 valence electrons. The number of anilines is 2. The predicted octanol–water partition coefficient (Wildman–Crippen LogP) is 5.10. The van der Waals surface area contributed by atoms with E-state index in [0.717, 1.165) is 16.4 Å². The van der Waals surface area contributed by atoms with Gasteiger partial charge in [0.05, 0.1) is 34.0 Å². The van der Waals surface area contributed by atoms with Crippen LogP contribution in [-0.4, -0.2) is 43.2 Å². The van der Waals surface area contributed by atoms with Crippen LogP contribution >= 0.6 is 22.6 Å². The third-order valence-corrected chi connectivity index (χ3v) is 9.41. The molecule has 0 aliphatic heterocycles. The maximum absolute atomic E-state index is 14.9. The topological polar surface area (TPSA) is 102 Å². The van der Waals surface area contributed by atoms with Gasteiger partial charge in [0.2, 0.25) is 0 Å². The maximum atomic E-state index is 14.9. The molecular formula is C27H28FIN6O3S. The summed E-state index contributed by atoms with van der Waals surface area (Å²) in [5.41, 5.74) is 1.82. The minimum atomic E-state index is -2.65. The number of halogens is 2. The van der Waals surface area contributed by atoms with E-state index in [1.54, 1.807) is 69.0 Å². The van der Waals surface area contributed by atoms with Gasteiger partial charge >= 0.3 is 0 Å². The molecule has 4 aromatic rings. The monoisotopic (exact) mass is 662 g/mol. The number of nitrogens with one attached hydrogen (secondary N) is 1. The second-order valence-corrected chi connectivity index (χ2v) is 13.6. The molecule has 2 heterocycles. The van der Waals surface area contributed by atoms with Crippen molar-refractivity contribution in [3.05, 3.63) is 78.1 Å². The number of rotatable bonds is 6. The van der Waals surface area contributed by atoms with Crippen LogP contribution in [0, 0.1) is 16.3 Å². The fraction of sp³-hybridized carbons (Fsp3) is 0.296. The summed E-state index contributed by atoms with van der Waals surface area (Å²) in [5.74, 6) is -0.495. The Morgan fingerprint density at radius 3 is 2.51 bits per heavy atom. The Kier molecular flexibility index (Phi) is 7.14. The van der Waals surface area contributed by atoms with Crippen LogP contribution in [0.5, 0.6) is 0 Å². The van der Waals surface area contributed by atoms with Crippen LogP contribution in [-0.2, 0) is 17.0 Å². The Morgan fingerprint density at radius 2 is 1.87 bits per heavy atom. The molecule has 1 unspecified atom stereocenters. The van der Waals surface area contributed by atoms with Crippen molar-refractivity contribution < 1.29 is 8.60 Å². The minimum absolute atomic E-state index is 0.0583. The first-order chi connectivity index (χ1) is 18.4. The standard InChI is InChI=1S/C27H28FIN6O3S/c1-15-23(30-21-12-9-17(29)14-20(21)28)22-25(34(4)26(15)36)24(31-35(27(22)37)19-10-11-19)16-7-6-8-18(13-16)32-39(5,38)33(2)3/h6-9,12-14,19,30H,10-11H2,1-5H3. The highest BCUT2D eigenvalue weighted by atomic mass is 127. The second kappa shape index (κ2) is 10.1. The van der Waals surface area contributed by atoms with Gasteiger partial charge in [0.15, 0.2) is 0 Å². The molecule has 1 N–H and O–H groups in total. The molecule has 0 bridgehead atoms. The summed E-state index contributed by atoms with van der Waals surface area (Å²) in [6.07, 6.45) is 3.18. The van der Waals surface area contributed by atoms with Crippen molar-refractivity contribution in [2.75, 3.05) is 25.7 Å². The molecule has 1 aliphatic carbocycles. The van der Waals surface area contributed by atoms with Crippen molar-refractivity contribution in [1.82, 2.24) is 18.7 Å². The number of fused-ring (bicyclic) bond motifs is 1. The molecule has 39 heavy (non-hydrogen) atoms. The first-order valence-electron chi connectivity index (χ1n) is 12.3. The van der Waals surface area contributed by atoms with Gasteiger partial charge in [-0.05, 0) is 72.7 Å². The molecule has 0 spiro atoms. The van der Waals surface area contributed by atoms with Gasteiger partial charge in [0, 0.05) is 42.1 Å². The molecule has 5 rings (SSSR count). The van der Waals surface area contributed by atoms with E-state index in [9.17, 15) is 18.2 Å². The van der Waals surface area contributed by atoms with Crippen molar-refractivity contribution in [3.63, 3.8) is 0 Å². The van der Waals surface area contributed by atoms with Gasteiger partial charge in [-0.1, -0.05) is 12.1 Å². The zero-order valence-electron chi connectivity index (χ0n) is 22.2. The van der Waals surface area contributed by atoms with Crippen LogP contribution in [0.15, 0.2) is 56.4 Å². The molecule has 0 radical (unpaired) electrons. The fourth-order valence-corrected chi connectivity index (χ4v) is 5.49. The van der Waals surface area contributed by atoms with E-state index >= 15 is 0 Å². The summed E-state index contributed by atoms with van der Waals surface area (Å²) < 4.78 is 37.4. The van der Waals surface area contributed by atoms with E-state index in [4.69, 9.17) is 5.10 Å². The smallest absolute Gasteiger partial charge is 0.278 e. The predicted molar refractivity (Wildman–Crippen MR) is 162 cm³/mol. The zero-order chi connectivity index (χ0) is 28.2. The number of hydrogen-bond acceptors (Lipinski definition) is 6. The Bertz CT molecular complexity index is 1890. The highest BCUT2D eigenvalue weighted by Gasteiger charge is 2.30. The molecule has 1 saturated carbocycles. The van der Waals surface area contributed by atoms with Gasteiger partial charge in [-0.3, -0.25) is 9.59 Å². The van der Waals surface area contributed by atoms with Crippen LogP contribution in [0.3, 0.4) is 0 Å². The van der Waals surface area contributed by atoms with Gasteiger partial charge < -0.3 is 9.88 Å². The van der Waals surface area contributed by atoms with Crippen LogP contribution in [0.1, 0.15) is 24.4 Å². The van der Waals surface area contributed by atoms with Crippen molar-refractivity contribution in [2.24, 2.45) is 11.4 Å². The second-order valence-electron chi connectivity index (χ2n) is 9.88. The summed E-state index contributed by atoms with van der Waals surface area (Å²) in [7, 11) is 2.33. The van der Waals surface area contributed by atoms with Crippen molar-refractivity contribution >= 4 is 60.5 Å². The molecule has 9 nitrogen and oxygen atoms in total. The molecule has 12 heteroatoms. The fourth-order valence-electron chi connectivity index (χ4n) is 4.36. The lowest BCUT2D eigenvalue weighted by molar-refractivity contribution is 0.598. The van der Waals surface area contributed by atoms with Crippen LogP contribution < -0.4 is 16.4 Å². The zero-order valence-corrected chi connectivity index (χ0v) is 25.1. The van der Waals surface area contributed by atoms with Gasteiger partial charge in [0.25, 0.3) is 11.1 Å². The summed E-state index contributed by atoms with van der Waals surface area (Å²) in [6, 6.07) is 11.7. The molecule has 1 fully saturated rings. The summed E-state index contributed by atoms with van der Waals surface area (Å²) >= 11 is 2.02. The average molecular weight is 663 g/mol. The summed E-state index contributed by atoms with van der Waals surface area (Å²) in [6.45, 7) is 1.62. The number of nitrogens with zero attached hydrogens (tertiary/aromatic N) is 5. The number of hydrogen-bond donors (Lipinski definition) is 1. The van der Waals surface area contributed by atoms with E-state index in [-0.39, 0.29) is 33.9 Å². The van der Waals surface area contributed by atoms with E-state index < -0.39 is 15.7 Å². The minimum Gasteiger partial charge on any atom is -0.352 e. The van der Waals surface area contributed by atoms with E-state index in [0.29, 0.717) is 28.0 Å². The lowest BCUT2D eigenvalue weighted by Gasteiger charge is -2.19. The molecular weight excluding hydrogens is 634 g/mol. The van der Waals surface area contributed by atoms with Gasteiger partial charge in [-0.2, -0.15) is 9.46 Å². The van der Waals surface area contributed by atoms with E-state index in [2.05, 4.69) is 9.68 Å². The summed E-state index contributed by atoms with van der Waals surface area (Å²) in [4.78, 5) is 27.3. The third kappa shape index (κ3) is 5.12. The molecule has 0 saturated heterocycles. The lowest BCUT2D eigenvalue weighted by Crippen LogP contribution is -2.29. The van der Waals surface area contributed by atoms with Gasteiger partial charge in [-0.15, -0.1) is 0 Å². The van der Waals surface area contributed by atoms with Crippen LogP contribution in [0.2, 0.25) is 0 Å².